The van der Waals surface area contributed by atoms with Crippen molar-refractivity contribution in [1.82, 2.24) is 3.97 Å². The Labute approximate surface area is 150 Å². The van der Waals surface area contributed by atoms with E-state index in [2.05, 4.69) is 4.84 Å². The molecule has 0 saturated carbocycles. The number of methoxy groups -OCH3 is 1. The first kappa shape index (κ1) is 17.7. The fourth-order valence-electron chi connectivity index (χ4n) is 2.58. The second-order valence-corrected chi connectivity index (χ2v) is 7.16. The van der Waals surface area contributed by atoms with Gasteiger partial charge >= 0.3 is 5.97 Å². The van der Waals surface area contributed by atoms with Gasteiger partial charge in [-0.25, -0.2) is 17.2 Å². The fourth-order valence-corrected chi connectivity index (χ4v) is 3.96. The molecule has 3 aromatic rings. The molecule has 0 aliphatic carbocycles. The van der Waals surface area contributed by atoms with Crippen LogP contribution in [0.15, 0.2) is 65.7 Å². The topological polar surface area (TPSA) is 101 Å². The maximum Gasteiger partial charge on any atom is 0.349 e. The molecule has 0 saturated heterocycles. The van der Waals surface area contributed by atoms with Gasteiger partial charge in [0.2, 0.25) is 0 Å². The molecule has 0 radical (unpaired) electrons. The van der Waals surface area contributed by atoms with Gasteiger partial charge in [0.1, 0.15) is 5.75 Å². The summed E-state index contributed by atoms with van der Waals surface area (Å²) in [5.74, 6) is 4.64. The molecule has 0 aliphatic rings. The van der Waals surface area contributed by atoms with Crippen LogP contribution in [0.5, 0.6) is 5.75 Å². The van der Waals surface area contributed by atoms with Gasteiger partial charge in [0.25, 0.3) is 10.0 Å². The minimum absolute atomic E-state index is 0.121. The molecule has 7 nitrogen and oxygen atoms in total. The van der Waals surface area contributed by atoms with Gasteiger partial charge < -0.3 is 9.57 Å². The van der Waals surface area contributed by atoms with Gasteiger partial charge in [-0.05, 0) is 36.4 Å². The highest BCUT2D eigenvalue weighted by Crippen LogP contribution is 2.27. The zero-order valence-electron chi connectivity index (χ0n) is 13.8. The Morgan fingerprint density at radius 1 is 1.12 bits per heavy atom. The highest BCUT2D eigenvalue weighted by Gasteiger charge is 2.20. The van der Waals surface area contributed by atoms with Crippen LogP contribution in [0.2, 0.25) is 0 Å². The van der Waals surface area contributed by atoms with E-state index in [1.807, 2.05) is 0 Å². The summed E-state index contributed by atoms with van der Waals surface area (Å²) in [6.07, 6.45) is 4.06. The summed E-state index contributed by atoms with van der Waals surface area (Å²) in [6, 6.07) is 13.0. The van der Waals surface area contributed by atoms with Crippen molar-refractivity contribution in [3.8, 4) is 5.75 Å². The van der Waals surface area contributed by atoms with Gasteiger partial charge in [0.15, 0.2) is 0 Å². The molecule has 2 aromatic carbocycles. The van der Waals surface area contributed by atoms with Gasteiger partial charge in [0.05, 0.1) is 17.5 Å². The van der Waals surface area contributed by atoms with Crippen molar-refractivity contribution < 1.29 is 22.8 Å². The Kier molecular flexibility index (Phi) is 4.79. The number of benzene rings is 2. The molecule has 0 bridgehead atoms. The van der Waals surface area contributed by atoms with Crippen LogP contribution in [0.25, 0.3) is 17.0 Å². The molecule has 134 valence electrons. The molecule has 0 aliphatic heterocycles. The largest absolute Gasteiger partial charge is 0.497 e. The number of rotatable bonds is 5. The first-order chi connectivity index (χ1) is 12.5. The van der Waals surface area contributed by atoms with Gasteiger partial charge in [-0.2, -0.15) is 5.90 Å². The number of fused-ring (bicyclic) bond motifs is 1. The number of hydrogen-bond acceptors (Lipinski definition) is 6. The SMILES string of the molecule is COc1ccc(S(=O)(=O)n2ccc3cccc(/C=C/C(=O)ON)c32)cc1. The Morgan fingerprint density at radius 2 is 1.85 bits per heavy atom. The number of nitrogens with zero attached hydrogens (tertiary/aromatic N) is 1. The van der Waals surface area contributed by atoms with Crippen molar-refractivity contribution in [2.75, 3.05) is 7.11 Å². The summed E-state index contributed by atoms with van der Waals surface area (Å²) >= 11 is 0. The van der Waals surface area contributed by atoms with Crippen molar-refractivity contribution in [2.45, 2.75) is 4.90 Å². The van der Waals surface area contributed by atoms with E-state index in [0.29, 0.717) is 22.2 Å². The van der Waals surface area contributed by atoms with E-state index < -0.39 is 16.0 Å². The molecular weight excluding hydrogens is 356 g/mol. The van der Waals surface area contributed by atoms with Crippen molar-refractivity contribution in [3.63, 3.8) is 0 Å². The van der Waals surface area contributed by atoms with E-state index in [1.54, 1.807) is 36.4 Å². The van der Waals surface area contributed by atoms with Crippen LogP contribution in [0, 0.1) is 0 Å². The van der Waals surface area contributed by atoms with Gasteiger partial charge in [-0.15, -0.1) is 0 Å². The maximum atomic E-state index is 13.0. The van der Waals surface area contributed by atoms with Crippen LogP contribution < -0.4 is 10.6 Å². The minimum Gasteiger partial charge on any atom is -0.497 e. The quantitative estimate of drug-likeness (QED) is 0.545. The third-order valence-electron chi connectivity index (χ3n) is 3.84. The minimum atomic E-state index is -3.83. The normalized spacial score (nSPS) is 11.8. The summed E-state index contributed by atoms with van der Waals surface area (Å²) in [5, 5.41) is 0.713. The van der Waals surface area contributed by atoms with E-state index in [0.717, 1.165) is 6.08 Å². The number of carbonyl (C=O) groups excluding carboxylic acids is 1. The Balaban J connectivity index is 2.15. The smallest absolute Gasteiger partial charge is 0.349 e. The predicted molar refractivity (Wildman–Crippen MR) is 96.8 cm³/mol. The molecule has 0 atom stereocenters. The lowest BCUT2D eigenvalue weighted by Crippen LogP contribution is -2.12. The Bertz CT molecular complexity index is 1080. The van der Waals surface area contributed by atoms with E-state index in [1.165, 1.54) is 35.5 Å². The lowest BCUT2D eigenvalue weighted by atomic mass is 10.1. The molecule has 8 heteroatoms. The van der Waals surface area contributed by atoms with Gasteiger partial charge in [-0.1, -0.05) is 18.2 Å². The summed E-state index contributed by atoms with van der Waals surface area (Å²) in [4.78, 5) is 15.5. The van der Waals surface area contributed by atoms with E-state index in [9.17, 15) is 13.2 Å². The van der Waals surface area contributed by atoms with Crippen LogP contribution >= 0.6 is 0 Å². The average molecular weight is 372 g/mol. The summed E-state index contributed by atoms with van der Waals surface area (Å²) in [6.45, 7) is 0. The Hall–Kier alpha value is -3.10. The lowest BCUT2D eigenvalue weighted by molar-refractivity contribution is -0.138. The number of ether oxygens (including phenoxy) is 1. The summed E-state index contributed by atoms with van der Waals surface area (Å²) < 4.78 is 32.3. The summed E-state index contributed by atoms with van der Waals surface area (Å²) in [5.41, 5.74) is 0.986. The monoisotopic (exact) mass is 372 g/mol. The van der Waals surface area contributed by atoms with Crippen LogP contribution in [-0.4, -0.2) is 25.5 Å². The second-order valence-electron chi connectivity index (χ2n) is 5.35. The third-order valence-corrected chi connectivity index (χ3v) is 5.53. The fraction of sp³-hybridized carbons (Fsp3) is 0.0556. The van der Waals surface area contributed by atoms with Crippen molar-refractivity contribution in [1.29, 1.82) is 0 Å². The molecule has 0 spiro atoms. The maximum absolute atomic E-state index is 13.0. The van der Waals surface area contributed by atoms with Crippen LogP contribution in [-0.2, 0) is 19.7 Å². The molecule has 2 N–H and O–H groups in total. The molecule has 0 unspecified atom stereocenters. The van der Waals surface area contributed by atoms with Gasteiger partial charge in [-0.3, -0.25) is 0 Å². The van der Waals surface area contributed by atoms with Crippen molar-refractivity contribution in [3.05, 3.63) is 66.4 Å². The van der Waals surface area contributed by atoms with E-state index >= 15 is 0 Å². The zero-order chi connectivity index (χ0) is 18.7. The standard InChI is InChI=1S/C18H16N2O5S/c1-24-15-6-8-16(9-7-15)26(22,23)20-12-11-14-4-2-3-13(18(14)20)5-10-17(21)25-19/h2-12H,19H2,1H3/b10-5+. The number of hydrogen-bond donors (Lipinski definition) is 1. The van der Waals surface area contributed by atoms with Crippen LogP contribution in [0.1, 0.15) is 5.56 Å². The number of carbonyl (C=O) groups is 1. The number of para-hydroxylation sites is 1. The van der Waals surface area contributed by atoms with Gasteiger partial charge in [0, 0.05) is 23.2 Å². The average Bonchev–Trinajstić information content (AvgIpc) is 3.11. The second kappa shape index (κ2) is 7.03. The predicted octanol–water partition coefficient (Wildman–Crippen LogP) is 2.32. The number of nitrogens with two attached hydrogens (primary N) is 1. The molecule has 1 heterocycles. The summed E-state index contributed by atoms with van der Waals surface area (Å²) in [7, 11) is -2.32. The molecule has 26 heavy (non-hydrogen) atoms. The highest BCUT2D eigenvalue weighted by molar-refractivity contribution is 7.90. The van der Waals surface area contributed by atoms with E-state index in [4.69, 9.17) is 10.6 Å². The van der Waals surface area contributed by atoms with Crippen LogP contribution in [0.3, 0.4) is 0 Å². The third kappa shape index (κ3) is 3.19. The first-order valence-electron chi connectivity index (χ1n) is 7.56. The highest BCUT2D eigenvalue weighted by atomic mass is 32.2. The van der Waals surface area contributed by atoms with Crippen LogP contribution in [0.4, 0.5) is 0 Å². The molecular formula is C18H16N2O5S. The van der Waals surface area contributed by atoms with Crippen molar-refractivity contribution in [2.24, 2.45) is 5.90 Å². The number of aromatic nitrogens is 1. The molecule has 0 amide bonds. The Morgan fingerprint density at radius 3 is 2.50 bits per heavy atom. The van der Waals surface area contributed by atoms with Crippen molar-refractivity contribution >= 4 is 33.0 Å². The molecule has 0 fully saturated rings. The molecule has 1 aromatic heterocycles. The lowest BCUT2D eigenvalue weighted by Gasteiger charge is -2.10. The zero-order valence-corrected chi connectivity index (χ0v) is 14.6. The first-order valence-corrected chi connectivity index (χ1v) is 9.00. The molecule has 3 rings (SSSR count). The van der Waals surface area contributed by atoms with E-state index in [-0.39, 0.29) is 4.90 Å².